The standard InChI is InChI=1S/C15H23NO4/c1-15(13-5-3-2-4-6-13)19-12-14(20-15)11-16(7-9-17)8-10-18/h2-6,14,17-18H,7-12H2,1H3. The van der Waals surface area contributed by atoms with Gasteiger partial charge >= 0.3 is 0 Å². The molecule has 2 N–H and O–H groups in total. The summed E-state index contributed by atoms with van der Waals surface area (Å²) < 4.78 is 11.9. The zero-order valence-electron chi connectivity index (χ0n) is 11.9. The molecule has 0 saturated carbocycles. The van der Waals surface area contributed by atoms with E-state index in [0.717, 1.165) is 5.56 Å². The topological polar surface area (TPSA) is 62.2 Å². The average molecular weight is 281 g/mol. The Labute approximate surface area is 119 Å². The molecule has 1 heterocycles. The predicted octanol–water partition coefficient (Wildman–Crippen LogP) is 0.561. The minimum absolute atomic E-state index is 0.0571. The summed E-state index contributed by atoms with van der Waals surface area (Å²) in [4.78, 5) is 1.98. The van der Waals surface area contributed by atoms with Gasteiger partial charge in [0.15, 0.2) is 5.79 Å². The molecular weight excluding hydrogens is 258 g/mol. The highest BCUT2D eigenvalue weighted by Crippen LogP contribution is 2.33. The summed E-state index contributed by atoms with van der Waals surface area (Å²) in [5.41, 5.74) is 0.998. The molecule has 2 rings (SSSR count). The van der Waals surface area contributed by atoms with Crippen LogP contribution < -0.4 is 0 Å². The molecule has 0 spiro atoms. The third-order valence-corrected chi connectivity index (χ3v) is 3.53. The minimum Gasteiger partial charge on any atom is -0.395 e. The van der Waals surface area contributed by atoms with Crippen LogP contribution in [0.5, 0.6) is 0 Å². The molecule has 5 nitrogen and oxygen atoms in total. The van der Waals surface area contributed by atoms with Gasteiger partial charge in [-0.15, -0.1) is 0 Å². The van der Waals surface area contributed by atoms with Crippen molar-refractivity contribution in [3.63, 3.8) is 0 Å². The molecular formula is C15H23NO4. The average Bonchev–Trinajstić information content (AvgIpc) is 2.83. The molecule has 1 aromatic carbocycles. The van der Waals surface area contributed by atoms with Crippen LogP contribution in [0.3, 0.4) is 0 Å². The van der Waals surface area contributed by atoms with Crippen LogP contribution in [0.25, 0.3) is 0 Å². The van der Waals surface area contributed by atoms with E-state index in [2.05, 4.69) is 0 Å². The van der Waals surface area contributed by atoms with Gasteiger partial charge in [0.25, 0.3) is 0 Å². The van der Waals surface area contributed by atoms with Crippen LogP contribution in [0, 0.1) is 0 Å². The molecule has 0 aliphatic carbocycles. The number of nitrogens with zero attached hydrogens (tertiary/aromatic N) is 1. The smallest absolute Gasteiger partial charge is 0.192 e. The Balaban J connectivity index is 1.94. The van der Waals surface area contributed by atoms with Crippen molar-refractivity contribution in [3.8, 4) is 0 Å². The quantitative estimate of drug-likeness (QED) is 0.765. The van der Waals surface area contributed by atoms with Crippen LogP contribution in [0.4, 0.5) is 0 Å². The van der Waals surface area contributed by atoms with Crippen LogP contribution in [-0.4, -0.2) is 60.7 Å². The van der Waals surface area contributed by atoms with Crippen LogP contribution >= 0.6 is 0 Å². The van der Waals surface area contributed by atoms with Gasteiger partial charge < -0.3 is 19.7 Å². The Morgan fingerprint density at radius 1 is 1.20 bits per heavy atom. The fourth-order valence-electron chi connectivity index (χ4n) is 2.49. The summed E-state index contributed by atoms with van der Waals surface area (Å²) in [6.45, 7) is 4.28. The highest BCUT2D eigenvalue weighted by molar-refractivity contribution is 5.20. The van der Waals surface area contributed by atoms with Gasteiger partial charge in [0.2, 0.25) is 0 Å². The lowest BCUT2D eigenvalue weighted by atomic mass is 10.1. The number of benzene rings is 1. The molecule has 112 valence electrons. The van der Waals surface area contributed by atoms with Crippen molar-refractivity contribution in [2.75, 3.05) is 39.5 Å². The first-order valence-corrected chi connectivity index (χ1v) is 6.99. The summed E-state index contributed by atoms with van der Waals surface area (Å²) >= 11 is 0. The third-order valence-electron chi connectivity index (χ3n) is 3.53. The van der Waals surface area contributed by atoms with Gasteiger partial charge in [-0.1, -0.05) is 30.3 Å². The maximum atomic E-state index is 9.02. The minimum atomic E-state index is -0.712. The van der Waals surface area contributed by atoms with Gasteiger partial charge in [-0.05, 0) is 6.92 Å². The van der Waals surface area contributed by atoms with E-state index in [9.17, 15) is 0 Å². The third kappa shape index (κ3) is 3.77. The van der Waals surface area contributed by atoms with Crippen molar-refractivity contribution in [1.82, 2.24) is 4.90 Å². The Morgan fingerprint density at radius 3 is 2.45 bits per heavy atom. The summed E-state index contributed by atoms with van der Waals surface area (Å²) in [6, 6.07) is 9.86. The maximum absolute atomic E-state index is 9.02. The lowest BCUT2D eigenvalue weighted by Crippen LogP contribution is -2.38. The zero-order chi connectivity index (χ0) is 14.4. The van der Waals surface area contributed by atoms with Crippen molar-refractivity contribution in [3.05, 3.63) is 35.9 Å². The van der Waals surface area contributed by atoms with E-state index >= 15 is 0 Å². The first kappa shape index (κ1) is 15.4. The van der Waals surface area contributed by atoms with E-state index in [1.165, 1.54) is 0 Å². The van der Waals surface area contributed by atoms with E-state index < -0.39 is 5.79 Å². The molecule has 0 aromatic heterocycles. The summed E-state index contributed by atoms with van der Waals surface area (Å²) in [5, 5.41) is 18.0. The number of hydrogen-bond acceptors (Lipinski definition) is 5. The lowest BCUT2D eigenvalue weighted by molar-refractivity contribution is -0.163. The van der Waals surface area contributed by atoms with Gasteiger partial charge in [0.1, 0.15) is 0 Å². The van der Waals surface area contributed by atoms with Crippen LogP contribution in [0.2, 0.25) is 0 Å². The summed E-state index contributed by atoms with van der Waals surface area (Å²) in [6.07, 6.45) is -0.0571. The van der Waals surface area contributed by atoms with E-state index in [1.54, 1.807) is 0 Å². The number of aliphatic hydroxyl groups excluding tert-OH is 2. The van der Waals surface area contributed by atoms with E-state index in [0.29, 0.717) is 26.2 Å². The molecule has 5 heteroatoms. The number of rotatable bonds is 7. The van der Waals surface area contributed by atoms with Crippen molar-refractivity contribution >= 4 is 0 Å². The lowest BCUT2D eigenvalue weighted by Gasteiger charge is -2.26. The second kappa shape index (κ2) is 7.15. The molecule has 20 heavy (non-hydrogen) atoms. The van der Waals surface area contributed by atoms with E-state index in [4.69, 9.17) is 19.7 Å². The Kier molecular flexibility index (Phi) is 5.51. The normalized spacial score (nSPS) is 26.3. The Hall–Kier alpha value is -0.980. The zero-order valence-corrected chi connectivity index (χ0v) is 11.9. The monoisotopic (exact) mass is 281 g/mol. The molecule has 0 radical (unpaired) electrons. The second-order valence-corrected chi connectivity index (χ2v) is 5.11. The predicted molar refractivity (Wildman–Crippen MR) is 75.2 cm³/mol. The molecule has 2 atom stereocenters. The first-order chi connectivity index (χ1) is 9.68. The van der Waals surface area contributed by atoms with E-state index in [-0.39, 0.29) is 19.3 Å². The van der Waals surface area contributed by atoms with Gasteiger partial charge in [-0.3, -0.25) is 4.90 Å². The number of hydrogen-bond donors (Lipinski definition) is 2. The molecule has 1 aliphatic heterocycles. The molecule has 1 saturated heterocycles. The maximum Gasteiger partial charge on any atom is 0.192 e. The van der Waals surface area contributed by atoms with Gasteiger partial charge in [0.05, 0.1) is 25.9 Å². The fourth-order valence-corrected chi connectivity index (χ4v) is 2.49. The van der Waals surface area contributed by atoms with Crippen LogP contribution in [-0.2, 0) is 15.3 Å². The largest absolute Gasteiger partial charge is 0.395 e. The van der Waals surface area contributed by atoms with Gasteiger partial charge in [-0.2, -0.15) is 0 Å². The second-order valence-electron chi connectivity index (χ2n) is 5.11. The molecule has 0 bridgehead atoms. The molecule has 1 aliphatic rings. The molecule has 1 fully saturated rings. The fraction of sp³-hybridized carbons (Fsp3) is 0.600. The highest BCUT2D eigenvalue weighted by atomic mass is 16.7. The van der Waals surface area contributed by atoms with Crippen molar-refractivity contribution in [2.45, 2.75) is 18.8 Å². The SMILES string of the molecule is CC1(c2ccccc2)OCC(CN(CCO)CCO)O1. The molecule has 0 amide bonds. The van der Waals surface area contributed by atoms with Crippen molar-refractivity contribution < 1.29 is 19.7 Å². The summed E-state index contributed by atoms with van der Waals surface area (Å²) in [7, 11) is 0. The van der Waals surface area contributed by atoms with Crippen LogP contribution in [0.1, 0.15) is 12.5 Å². The first-order valence-electron chi connectivity index (χ1n) is 6.99. The van der Waals surface area contributed by atoms with E-state index in [1.807, 2.05) is 42.2 Å². The van der Waals surface area contributed by atoms with Gasteiger partial charge in [0, 0.05) is 25.2 Å². The summed E-state index contributed by atoms with van der Waals surface area (Å²) in [5.74, 6) is -0.712. The Morgan fingerprint density at radius 2 is 1.85 bits per heavy atom. The van der Waals surface area contributed by atoms with Gasteiger partial charge in [-0.25, -0.2) is 0 Å². The number of ether oxygens (including phenoxy) is 2. The molecule has 2 unspecified atom stereocenters. The van der Waals surface area contributed by atoms with Crippen LogP contribution in [0.15, 0.2) is 30.3 Å². The molecule has 1 aromatic rings. The Bertz CT molecular complexity index is 394. The highest BCUT2D eigenvalue weighted by Gasteiger charge is 2.39. The van der Waals surface area contributed by atoms with Crippen molar-refractivity contribution in [1.29, 1.82) is 0 Å². The van der Waals surface area contributed by atoms with Crippen molar-refractivity contribution in [2.24, 2.45) is 0 Å². The number of aliphatic hydroxyl groups is 2.